The Hall–Kier alpha value is -2.30. The number of nitrogens with zero attached hydrogens (tertiary/aromatic N) is 2. The van der Waals surface area contributed by atoms with E-state index in [9.17, 15) is 0 Å². The highest BCUT2D eigenvalue weighted by atomic mass is 16.5. The van der Waals surface area contributed by atoms with Crippen molar-refractivity contribution < 1.29 is 4.74 Å². The van der Waals surface area contributed by atoms with Crippen molar-refractivity contribution in [1.82, 2.24) is 15.0 Å². The second-order valence-electron chi connectivity index (χ2n) is 3.49. The van der Waals surface area contributed by atoms with Crippen LogP contribution in [0.25, 0.3) is 21.9 Å². The maximum atomic E-state index is 5.63. The van der Waals surface area contributed by atoms with E-state index >= 15 is 0 Å². The van der Waals surface area contributed by atoms with Gasteiger partial charge in [0.05, 0.1) is 12.6 Å². The predicted octanol–water partition coefficient (Wildman–Crippen LogP) is 1.70. The summed E-state index contributed by atoms with van der Waals surface area (Å²) in [5.41, 5.74) is 7.04. The number of aromatic amines is 1. The van der Waals surface area contributed by atoms with Crippen LogP contribution >= 0.6 is 0 Å². The Morgan fingerprint density at radius 2 is 1.94 bits per heavy atom. The fraction of sp³-hybridized carbons (Fsp3) is 0.0909. The Morgan fingerprint density at radius 3 is 2.69 bits per heavy atom. The smallest absolute Gasteiger partial charge is 0.223 e. The highest BCUT2D eigenvalue weighted by Gasteiger charge is 2.10. The van der Waals surface area contributed by atoms with Gasteiger partial charge < -0.3 is 15.5 Å². The predicted molar refractivity (Wildman–Crippen MR) is 62.4 cm³/mol. The third-order valence-electron chi connectivity index (χ3n) is 2.53. The van der Waals surface area contributed by atoms with Crippen LogP contribution in [0.3, 0.4) is 0 Å². The van der Waals surface area contributed by atoms with Gasteiger partial charge in [0.25, 0.3) is 0 Å². The third kappa shape index (κ3) is 1.11. The zero-order chi connectivity index (χ0) is 11.1. The lowest BCUT2D eigenvalue weighted by Crippen LogP contribution is -1.90. The second-order valence-corrected chi connectivity index (χ2v) is 3.49. The van der Waals surface area contributed by atoms with Crippen LogP contribution in [0.5, 0.6) is 5.88 Å². The Kier molecular flexibility index (Phi) is 1.73. The summed E-state index contributed by atoms with van der Waals surface area (Å²) in [6.45, 7) is 0. The van der Waals surface area contributed by atoms with Crippen LogP contribution < -0.4 is 10.5 Å². The van der Waals surface area contributed by atoms with E-state index in [0.717, 1.165) is 16.3 Å². The fourth-order valence-electron chi connectivity index (χ4n) is 1.85. The molecule has 2 aromatic heterocycles. The number of fused-ring (bicyclic) bond motifs is 3. The number of H-pyrrole nitrogens is 1. The molecular weight excluding hydrogens is 204 g/mol. The maximum absolute atomic E-state index is 5.63. The van der Waals surface area contributed by atoms with Gasteiger partial charge in [0.15, 0.2) is 11.6 Å². The molecule has 0 bridgehead atoms. The largest absolute Gasteiger partial charge is 0.480 e. The van der Waals surface area contributed by atoms with Crippen molar-refractivity contribution in [3.63, 3.8) is 0 Å². The number of hydrogen-bond donors (Lipinski definition) is 2. The van der Waals surface area contributed by atoms with Gasteiger partial charge in [0.1, 0.15) is 0 Å². The summed E-state index contributed by atoms with van der Waals surface area (Å²) >= 11 is 0. The van der Waals surface area contributed by atoms with Crippen LogP contribution in [-0.2, 0) is 0 Å². The summed E-state index contributed by atoms with van der Waals surface area (Å²) in [7, 11) is 1.59. The number of ether oxygens (including phenoxy) is 1. The summed E-state index contributed by atoms with van der Waals surface area (Å²) in [6.07, 6.45) is 0. The van der Waals surface area contributed by atoms with E-state index in [0.29, 0.717) is 17.5 Å². The number of anilines is 1. The number of pyridine rings is 1. The van der Waals surface area contributed by atoms with E-state index in [-0.39, 0.29) is 0 Å². The molecule has 0 unspecified atom stereocenters. The lowest BCUT2D eigenvalue weighted by Gasteiger charge is -2.04. The van der Waals surface area contributed by atoms with Crippen LogP contribution in [0, 0.1) is 0 Å². The Labute approximate surface area is 91.3 Å². The van der Waals surface area contributed by atoms with Crippen molar-refractivity contribution in [3.8, 4) is 5.88 Å². The number of rotatable bonds is 1. The number of imidazole rings is 1. The molecule has 3 aromatic rings. The third-order valence-corrected chi connectivity index (χ3v) is 2.53. The van der Waals surface area contributed by atoms with Gasteiger partial charge in [-0.3, -0.25) is 0 Å². The number of nitrogens with two attached hydrogens (primary N) is 1. The molecule has 0 aliphatic rings. The Balaban J connectivity index is 2.56. The fourth-order valence-corrected chi connectivity index (χ4v) is 1.85. The first-order valence-corrected chi connectivity index (χ1v) is 4.87. The highest BCUT2D eigenvalue weighted by molar-refractivity contribution is 6.05. The van der Waals surface area contributed by atoms with E-state index in [4.69, 9.17) is 10.5 Å². The Morgan fingerprint density at radius 1 is 1.19 bits per heavy atom. The monoisotopic (exact) mass is 214 g/mol. The molecule has 16 heavy (non-hydrogen) atoms. The van der Waals surface area contributed by atoms with Crippen LogP contribution in [0.4, 0.5) is 5.95 Å². The van der Waals surface area contributed by atoms with E-state index in [1.165, 1.54) is 0 Å². The van der Waals surface area contributed by atoms with Crippen molar-refractivity contribution in [2.45, 2.75) is 0 Å². The zero-order valence-electron chi connectivity index (χ0n) is 8.69. The minimum atomic E-state index is 0.362. The molecule has 0 saturated carbocycles. The van der Waals surface area contributed by atoms with Gasteiger partial charge in [-0.05, 0) is 6.07 Å². The minimum Gasteiger partial charge on any atom is -0.480 e. The van der Waals surface area contributed by atoms with Crippen LogP contribution in [0.2, 0.25) is 0 Å². The lowest BCUT2D eigenvalue weighted by molar-refractivity contribution is 0.405. The number of benzene rings is 1. The van der Waals surface area contributed by atoms with Gasteiger partial charge in [-0.2, -0.15) is 9.97 Å². The van der Waals surface area contributed by atoms with Crippen molar-refractivity contribution >= 4 is 27.9 Å². The SMILES string of the molecule is COc1nc2nc(N)[nH]c2c2ccccc12. The van der Waals surface area contributed by atoms with Crippen molar-refractivity contribution in [1.29, 1.82) is 0 Å². The molecule has 5 nitrogen and oxygen atoms in total. The van der Waals surface area contributed by atoms with Crippen molar-refractivity contribution in [3.05, 3.63) is 24.3 Å². The summed E-state index contributed by atoms with van der Waals surface area (Å²) in [4.78, 5) is 11.4. The summed E-state index contributed by atoms with van der Waals surface area (Å²) in [5, 5.41) is 1.95. The number of aromatic nitrogens is 3. The summed E-state index contributed by atoms with van der Waals surface area (Å²) < 4.78 is 5.24. The molecule has 80 valence electrons. The maximum Gasteiger partial charge on any atom is 0.223 e. The molecule has 0 atom stereocenters. The molecule has 0 amide bonds. The molecule has 0 aliphatic carbocycles. The first-order chi connectivity index (χ1) is 7.79. The molecule has 0 spiro atoms. The molecule has 3 rings (SSSR count). The van der Waals surface area contributed by atoms with Crippen LogP contribution in [0.1, 0.15) is 0 Å². The van der Waals surface area contributed by atoms with Crippen LogP contribution in [0.15, 0.2) is 24.3 Å². The van der Waals surface area contributed by atoms with Gasteiger partial charge in [0.2, 0.25) is 5.88 Å². The standard InChI is InChI=1S/C11H10N4O/c1-16-10-7-5-3-2-4-6(7)8-9(14-10)15-11(12)13-8/h2-5H,1H3,(H3,12,13,14,15). The molecule has 2 heterocycles. The molecule has 0 fully saturated rings. The van der Waals surface area contributed by atoms with Gasteiger partial charge in [-0.15, -0.1) is 0 Å². The summed E-state index contributed by atoms with van der Waals surface area (Å²) in [5.74, 6) is 0.926. The second kappa shape index (κ2) is 3.10. The first-order valence-electron chi connectivity index (χ1n) is 4.87. The van der Waals surface area contributed by atoms with Crippen molar-refractivity contribution in [2.24, 2.45) is 0 Å². The van der Waals surface area contributed by atoms with E-state index < -0.39 is 0 Å². The quantitative estimate of drug-likeness (QED) is 0.646. The first kappa shape index (κ1) is 8.96. The molecular formula is C11H10N4O. The number of nitrogens with one attached hydrogen (secondary N) is 1. The topological polar surface area (TPSA) is 76.8 Å². The normalized spacial score (nSPS) is 11.1. The average molecular weight is 214 g/mol. The van der Waals surface area contributed by atoms with E-state index in [1.807, 2.05) is 24.3 Å². The minimum absolute atomic E-state index is 0.362. The molecule has 0 saturated heterocycles. The lowest BCUT2D eigenvalue weighted by atomic mass is 10.1. The van der Waals surface area contributed by atoms with Gasteiger partial charge in [0, 0.05) is 10.8 Å². The van der Waals surface area contributed by atoms with E-state index in [2.05, 4.69) is 15.0 Å². The average Bonchev–Trinajstić information content (AvgIpc) is 2.68. The highest BCUT2D eigenvalue weighted by Crippen LogP contribution is 2.29. The summed E-state index contributed by atoms with van der Waals surface area (Å²) in [6, 6.07) is 7.84. The van der Waals surface area contributed by atoms with Crippen molar-refractivity contribution in [2.75, 3.05) is 12.8 Å². The molecule has 1 aromatic carbocycles. The van der Waals surface area contributed by atoms with Gasteiger partial charge in [-0.1, -0.05) is 18.2 Å². The van der Waals surface area contributed by atoms with Gasteiger partial charge >= 0.3 is 0 Å². The zero-order valence-corrected chi connectivity index (χ0v) is 8.69. The number of methoxy groups -OCH3 is 1. The molecule has 0 aliphatic heterocycles. The Bertz CT molecular complexity index is 674. The number of hydrogen-bond acceptors (Lipinski definition) is 4. The molecule has 0 radical (unpaired) electrons. The molecule has 5 heteroatoms. The van der Waals surface area contributed by atoms with Crippen LogP contribution in [-0.4, -0.2) is 22.1 Å². The number of nitrogen functional groups attached to an aromatic ring is 1. The van der Waals surface area contributed by atoms with Gasteiger partial charge in [-0.25, -0.2) is 0 Å². The molecule has 3 N–H and O–H groups in total. The van der Waals surface area contributed by atoms with E-state index in [1.54, 1.807) is 7.11 Å².